The van der Waals surface area contributed by atoms with Crippen LogP contribution in [0.1, 0.15) is 16.7 Å². The van der Waals surface area contributed by atoms with Crippen LogP contribution in [0.25, 0.3) is 0 Å². The van der Waals surface area contributed by atoms with Gasteiger partial charge in [-0.3, -0.25) is 0 Å². The third kappa shape index (κ3) is 2.92. The Balaban J connectivity index is 2.01. The largest absolute Gasteiger partial charge is 0.479 e. The first-order valence-corrected chi connectivity index (χ1v) is 6.66. The maximum Gasteiger partial charge on any atom is 0.238 e. The number of thiophene rings is 1. The van der Waals surface area contributed by atoms with E-state index in [1.807, 2.05) is 17.4 Å². The molecule has 0 amide bonds. The zero-order valence-corrected chi connectivity index (χ0v) is 11.4. The molecule has 5 heteroatoms. The number of pyridine rings is 1. The molecule has 96 valence electrons. The van der Waals surface area contributed by atoms with E-state index in [0.29, 0.717) is 11.6 Å². The smallest absolute Gasteiger partial charge is 0.238 e. The number of methoxy groups -OCH3 is 1. The van der Waals surface area contributed by atoms with Crippen LogP contribution in [0, 0.1) is 0 Å². The summed E-state index contributed by atoms with van der Waals surface area (Å²) in [4.78, 5) is 6.97. The zero-order chi connectivity index (χ0) is 13.0. The molecule has 0 spiro atoms. The summed E-state index contributed by atoms with van der Waals surface area (Å²) < 4.78 is 5.09. The number of hydrogen-bond donors (Lipinski definition) is 2. The number of nitrogen functional groups attached to an aromatic ring is 1. The number of ether oxygens (including phenoxy) is 1. The van der Waals surface area contributed by atoms with Crippen LogP contribution in [0.3, 0.4) is 0 Å². The lowest BCUT2D eigenvalue weighted by Crippen LogP contribution is -2.02. The normalized spacial score (nSPS) is 10.3. The number of aryl methyl sites for hydroxylation is 1. The van der Waals surface area contributed by atoms with Gasteiger partial charge in [0.25, 0.3) is 0 Å². The van der Waals surface area contributed by atoms with E-state index in [2.05, 4.69) is 29.4 Å². The highest BCUT2D eigenvalue weighted by Gasteiger charge is 2.03. The molecule has 0 saturated heterocycles. The van der Waals surface area contributed by atoms with E-state index in [4.69, 9.17) is 10.5 Å². The summed E-state index contributed by atoms with van der Waals surface area (Å²) in [6.45, 7) is 2.93. The number of nitrogens with two attached hydrogens (primary N) is 1. The molecule has 0 aliphatic carbocycles. The molecule has 2 aromatic heterocycles. The van der Waals surface area contributed by atoms with E-state index in [1.54, 1.807) is 13.2 Å². The molecule has 0 bridgehead atoms. The number of aromatic nitrogens is 1. The Morgan fingerprint density at radius 3 is 2.72 bits per heavy atom. The first-order chi connectivity index (χ1) is 8.72. The lowest BCUT2D eigenvalue weighted by atomic mass is 10.3. The first kappa shape index (κ1) is 12.7. The van der Waals surface area contributed by atoms with Gasteiger partial charge in [-0.15, -0.1) is 11.3 Å². The van der Waals surface area contributed by atoms with Crippen molar-refractivity contribution in [2.24, 2.45) is 0 Å². The molecular formula is C13H17N3OS. The van der Waals surface area contributed by atoms with Gasteiger partial charge in [0.2, 0.25) is 5.88 Å². The van der Waals surface area contributed by atoms with Gasteiger partial charge >= 0.3 is 0 Å². The van der Waals surface area contributed by atoms with Gasteiger partial charge in [0.15, 0.2) is 0 Å². The number of rotatable bonds is 5. The summed E-state index contributed by atoms with van der Waals surface area (Å²) in [7, 11) is 1.56. The molecule has 0 aliphatic rings. The lowest BCUT2D eigenvalue weighted by Gasteiger charge is -2.07. The fourth-order valence-corrected chi connectivity index (χ4v) is 2.50. The van der Waals surface area contributed by atoms with Gasteiger partial charge in [0, 0.05) is 9.75 Å². The highest BCUT2D eigenvalue weighted by molar-refractivity contribution is 7.12. The van der Waals surface area contributed by atoms with Gasteiger partial charge in [-0.1, -0.05) is 6.92 Å². The van der Waals surface area contributed by atoms with Crippen LogP contribution < -0.4 is 15.8 Å². The van der Waals surface area contributed by atoms with E-state index in [9.17, 15) is 0 Å². The van der Waals surface area contributed by atoms with Crippen molar-refractivity contribution in [1.82, 2.24) is 4.98 Å². The summed E-state index contributed by atoms with van der Waals surface area (Å²) in [6, 6.07) is 7.95. The molecule has 0 saturated carbocycles. The summed E-state index contributed by atoms with van der Waals surface area (Å²) in [6.07, 6.45) is 1.08. The van der Waals surface area contributed by atoms with Crippen LogP contribution in [-0.4, -0.2) is 12.1 Å². The number of nitrogens with zero attached hydrogens (tertiary/aromatic N) is 1. The quantitative estimate of drug-likeness (QED) is 0.870. The van der Waals surface area contributed by atoms with Crippen LogP contribution >= 0.6 is 11.3 Å². The third-order valence-corrected chi connectivity index (χ3v) is 3.82. The summed E-state index contributed by atoms with van der Waals surface area (Å²) in [5, 5.41) is 3.26. The number of nitrogens with one attached hydrogen (secondary N) is 1. The molecule has 0 radical (unpaired) electrons. The molecule has 3 N–H and O–H groups in total. The van der Waals surface area contributed by atoms with Crippen molar-refractivity contribution < 1.29 is 4.74 Å². The van der Waals surface area contributed by atoms with Crippen LogP contribution in [0.5, 0.6) is 5.88 Å². The van der Waals surface area contributed by atoms with E-state index in [-0.39, 0.29) is 0 Å². The predicted octanol–water partition coefficient (Wildman–Crippen LogP) is 2.91. The topological polar surface area (TPSA) is 60.2 Å². The van der Waals surface area contributed by atoms with Gasteiger partial charge in [0.05, 0.1) is 19.3 Å². The van der Waals surface area contributed by atoms with Gasteiger partial charge in [-0.2, -0.15) is 4.98 Å². The average molecular weight is 263 g/mol. The maximum absolute atomic E-state index is 5.72. The van der Waals surface area contributed by atoms with Crippen LogP contribution in [0.2, 0.25) is 0 Å². The highest BCUT2D eigenvalue weighted by Crippen LogP contribution is 2.22. The third-order valence-electron chi connectivity index (χ3n) is 2.59. The second-order valence-corrected chi connectivity index (χ2v) is 5.12. The Morgan fingerprint density at radius 2 is 2.06 bits per heavy atom. The monoisotopic (exact) mass is 263 g/mol. The van der Waals surface area contributed by atoms with Gasteiger partial charge < -0.3 is 15.8 Å². The summed E-state index contributed by atoms with van der Waals surface area (Å²) in [5.74, 6) is 1.23. The molecule has 0 fully saturated rings. The minimum absolute atomic E-state index is 0.459. The highest BCUT2D eigenvalue weighted by atomic mass is 32.1. The molecule has 0 aliphatic heterocycles. The number of hydrogen-bond acceptors (Lipinski definition) is 5. The maximum atomic E-state index is 5.72. The zero-order valence-electron chi connectivity index (χ0n) is 10.6. The Morgan fingerprint density at radius 1 is 1.28 bits per heavy atom. The molecule has 0 atom stereocenters. The first-order valence-electron chi connectivity index (χ1n) is 5.85. The fourth-order valence-electron chi connectivity index (χ4n) is 1.60. The van der Waals surface area contributed by atoms with E-state index < -0.39 is 0 Å². The van der Waals surface area contributed by atoms with Crippen molar-refractivity contribution in [2.75, 3.05) is 18.2 Å². The van der Waals surface area contributed by atoms with E-state index in [0.717, 1.165) is 18.8 Å². The van der Waals surface area contributed by atoms with E-state index in [1.165, 1.54) is 9.75 Å². The molecule has 18 heavy (non-hydrogen) atoms. The molecule has 0 aromatic carbocycles. The fraction of sp³-hybridized carbons (Fsp3) is 0.308. The van der Waals surface area contributed by atoms with Crippen LogP contribution in [0.4, 0.5) is 11.5 Å². The van der Waals surface area contributed by atoms with Crippen molar-refractivity contribution in [3.05, 3.63) is 34.0 Å². The molecule has 0 unspecified atom stereocenters. The minimum atomic E-state index is 0.459. The average Bonchev–Trinajstić information content (AvgIpc) is 2.86. The van der Waals surface area contributed by atoms with Crippen LogP contribution in [-0.2, 0) is 13.0 Å². The van der Waals surface area contributed by atoms with Gasteiger partial charge in [-0.25, -0.2) is 0 Å². The Bertz CT molecular complexity index is 525. The van der Waals surface area contributed by atoms with Crippen molar-refractivity contribution in [1.29, 1.82) is 0 Å². The molecule has 2 aromatic rings. The minimum Gasteiger partial charge on any atom is -0.479 e. The number of anilines is 2. The van der Waals surface area contributed by atoms with Crippen molar-refractivity contribution >= 4 is 22.8 Å². The Labute approximate surface area is 111 Å². The van der Waals surface area contributed by atoms with E-state index >= 15 is 0 Å². The second-order valence-electron chi connectivity index (χ2n) is 3.87. The molecule has 2 rings (SSSR count). The standard InChI is InChI=1S/C13H17N3OS/c1-3-9-4-5-10(18-9)8-15-12-7-6-11(14)13(16-12)17-2/h4-7H,3,8,14H2,1-2H3,(H,15,16). The molecule has 4 nitrogen and oxygen atoms in total. The lowest BCUT2D eigenvalue weighted by molar-refractivity contribution is 0.401. The molecular weight excluding hydrogens is 246 g/mol. The molecule has 2 heterocycles. The summed E-state index contributed by atoms with van der Waals surface area (Å²) in [5.41, 5.74) is 6.26. The van der Waals surface area contributed by atoms with Crippen molar-refractivity contribution in [2.45, 2.75) is 19.9 Å². The van der Waals surface area contributed by atoms with Crippen LogP contribution in [0.15, 0.2) is 24.3 Å². The second kappa shape index (κ2) is 5.73. The Kier molecular flexibility index (Phi) is 4.04. The van der Waals surface area contributed by atoms with Gasteiger partial charge in [-0.05, 0) is 30.7 Å². The van der Waals surface area contributed by atoms with Gasteiger partial charge in [0.1, 0.15) is 5.82 Å². The van der Waals surface area contributed by atoms with Crippen molar-refractivity contribution in [3.8, 4) is 5.88 Å². The van der Waals surface area contributed by atoms with Crippen molar-refractivity contribution in [3.63, 3.8) is 0 Å². The predicted molar refractivity (Wildman–Crippen MR) is 76.2 cm³/mol. The SMILES string of the molecule is CCc1ccc(CNc2ccc(N)c(OC)n2)s1. The summed E-state index contributed by atoms with van der Waals surface area (Å²) >= 11 is 1.82. The Hall–Kier alpha value is -1.75.